The molecular formula is C27H26N2O2. The average molecular weight is 411 g/mol. The van der Waals surface area contributed by atoms with Gasteiger partial charge < -0.3 is 9.47 Å². The second-order valence-electron chi connectivity index (χ2n) is 7.29. The van der Waals surface area contributed by atoms with E-state index < -0.39 is 0 Å². The molecule has 1 heterocycles. The van der Waals surface area contributed by atoms with Gasteiger partial charge in [0.2, 0.25) is 0 Å². The van der Waals surface area contributed by atoms with Crippen LogP contribution in [0.2, 0.25) is 0 Å². The Kier molecular flexibility index (Phi) is 6.27. The zero-order valence-electron chi connectivity index (χ0n) is 18.1. The number of aryl methyl sites for hydroxylation is 1. The molecule has 0 unspecified atom stereocenters. The summed E-state index contributed by atoms with van der Waals surface area (Å²) in [6.07, 6.45) is 1.88. The van der Waals surface area contributed by atoms with E-state index in [1.165, 1.54) is 0 Å². The summed E-state index contributed by atoms with van der Waals surface area (Å²) in [6, 6.07) is 26.3. The summed E-state index contributed by atoms with van der Waals surface area (Å²) in [4.78, 5) is 10.1. The first-order valence-corrected chi connectivity index (χ1v) is 10.5. The van der Waals surface area contributed by atoms with Crippen molar-refractivity contribution in [1.82, 2.24) is 9.97 Å². The molecule has 31 heavy (non-hydrogen) atoms. The van der Waals surface area contributed by atoms with Gasteiger partial charge in [-0.15, -0.1) is 0 Å². The standard InChI is InChI=1S/C27H26N2O2/c1-4-8-24-25(19-9-6-5-7-10-19)26(20-11-15-22(30-2)16-12-20)29-27(28-24)21-13-17-23(31-3)18-14-21/h5-7,9-18H,4,8H2,1-3H3. The van der Waals surface area contributed by atoms with Crippen molar-refractivity contribution in [1.29, 1.82) is 0 Å². The predicted molar refractivity (Wildman–Crippen MR) is 125 cm³/mol. The molecule has 0 saturated heterocycles. The Morgan fingerprint density at radius 3 is 1.77 bits per heavy atom. The lowest BCUT2D eigenvalue weighted by atomic mass is 9.95. The fraction of sp³-hybridized carbons (Fsp3) is 0.185. The number of aromatic nitrogens is 2. The van der Waals surface area contributed by atoms with Crippen LogP contribution < -0.4 is 9.47 Å². The maximum Gasteiger partial charge on any atom is 0.160 e. The van der Waals surface area contributed by atoms with Crippen molar-refractivity contribution in [3.05, 3.63) is 84.6 Å². The van der Waals surface area contributed by atoms with Crippen molar-refractivity contribution in [2.75, 3.05) is 14.2 Å². The highest BCUT2D eigenvalue weighted by Gasteiger charge is 2.18. The first-order chi connectivity index (χ1) is 15.2. The van der Waals surface area contributed by atoms with Gasteiger partial charge in [0.1, 0.15) is 11.5 Å². The van der Waals surface area contributed by atoms with Gasteiger partial charge in [-0.25, -0.2) is 9.97 Å². The maximum absolute atomic E-state index is 5.35. The van der Waals surface area contributed by atoms with Crippen molar-refractivity contribution in [3.63, 3.8) is 0 Å². The van der Waals surface area contributed by atoms with E-state index in [9.17, 15) is 0 Å². The van der Waals surface area contributed by atoms with Crippen molar-refractivity contribution in [2.45, 2.75) is 19.8 Å². The van der Waals surface area contributed by atoms with E-state index in [0.717, 1.165) is 63.8 Å². The highest BCUT2D eigenvalue weighted by molar-refractivity contribution is 5.84. The molecule has 0 saturated carbocycles. The third-order valence-corrected chi connectivity index (χ3v) is 5.24. The lowest BCUT2D eigenvalue weighted by molar-refractivity contribution is 0.415. The first kappa shape index (κ1) is 20.6. The van der Waals surface area contributed by atoms with Crippen LogP contribution in [0.5, 0.6) is 11.5 Å². The Hall–Kier alpha value is -3.66. The molecule has 0 aliphatic heterocycles. The molecule has 4 aromatic rings. The van der Waals surface area contributed by atoms with Crippen molar-refractivity contribution in [2.24, 2.45) is 0 Å². The molecule has 156 valence electrons. The molecule has 1 aromatic heterocycles. The second-order valence-corrected chi connectivity index (χ2v) is 7.29. The Morgan fingerprint density at radius 1 is 0.645 bits per heavy atom. The molecule has 0 bridgehead atoms. The molecule has 0 N–H and O–H groups in total. The van der Waals surface area contributed by atoms with Crippen molar-refractivity contribution < 1.29 is 9.47 Å². The lowest BCUT2D eigenvalue weighted by Crippen LogP contribution is -2.03. The van der Waals surface area contributed by atoms with E-state index in [-0.39, 0.29) is 0 Å². The fourth-order valence-electron chi connectivity index (χ4n) is 3.66. The highest BCUT2D eigenvalue weighted by Crippen LogP contribution is 2.36. The molecule has 0 spiro atoms. The zero-order chi connectivity index (χ0) is 21.6. The van der Waals surface area contributed by atoms with Gasteiger partial charge >= 0.3 is 0 Å². The van der Waals surface area contributed by atoms with Crippen LogP contribution in [-0.4, -0.2) is 24.2 Å². The van der Waals surface area contributed by atoms with Crippen LogP contribution in [0.3, 0.4) is 0 Å². The lowest BCUT2D eigenvalue weighted by Gasteiger charge is -2.16. The summed E-state index contributed by atoms with van der Waals surface area (Å²) >= 11 is 0. The number of rotatable bonds is 7. The van der Waals surface area contributed by atoms with Gasteiger partial charge in [-0.3, -0.25) is 0 Å². The Labute approximate surface area is 183 Å². The van der Waals surface area contributed by atoms with E-state index in [2.05, 4.69) is 43.3 Å². The van der Waals surface area contributed by atoms with Crippen LogP contribution >= 0.6 is 0 Å². The van der Waals surface area contributed by atoms with Gasteiger partial charge in [0, 0.05) is 16.7 Å². The van der Waals surface area contributed by atoms with Crippen LogP contribution in [-0.2, 0) is 6.42 Å². The minimum Gasteiger partial charge on any atom is -0.497 e. The third-order valence-electron chi connectivity index (χ3n) is 5.24. The summed E-state index contributed by atoms with van der Waals surface area (Å²) in [5.74, 6) is 2.36. The van der Waals surface area contributed by atoms with E-state index in [1.54, 1.807) is 14.2 Å². The molecule has 0 amide bonds. The molecule has 0 atom stereocenters. The minimum atomic E-state index is 0.719. The summed E-state index contributed by atoms with van der Waals surface area (Å²) < 4.78 is 10.7. The van der Waals surface area contributed by atoms with Gasteiger partial charge in [0.15, 0.2) is 5.82 Å². The molecule has 0 radical (unpaired) electrons. The molecule has 0 fully saturated rings. The molecule has 0 aliphatic rings. The van der Waals surface area contributed by atoms with Crippen LogP contribution in [0.15, 0.2) is 78.9 Å². The zero-order valence-corrected chi connectivity index (χ0v) is 18.1. The Balaban J connectivity index is 1.95. The van der Waals surface area contributed by atoms with Gasteiger partial charge in [0.05, 0.1) is 25.6 Å². The van der Waals surface area contributed by atoms with Gasteiger partial charge in [-0.2, -0.15) is 0 Å². The van der Waals surface area contributed by atoms with Crippen LogP contribution in [0, 0.1) is 0 Å². The summed E-state index contributed by atoms with van der Waals surface area (Å²) in [6.45, 7) is 2.18. The molecule has 0 aliphatic carbocycles. The van der Waals surface area contributed by atoms with E-state index >= 15 is 0 Å². The maximum atomic E-state index is 5.35. The molecule has 4 heteroatoms. The van der Waals surface area contributed by atoms with E-state index in [1.807, 2.05) is 42.5 Å². The summed E-state index contributed by atoms with van der Waals surface area (Å²) in [7, 11) is 3.34. The number of methoxy groups -OCH3 is 2. The summed E-state index contributed by atoms with van der Waals surface area (Å²) in [5, 5.41) is 0. The first-order valence-electron chi connectivity index (χ1n) is 10.5. The molecule has 3 aromatic carbocycles. The SMILES string of the molecule is CCCc1nc(-c2ccc(OC)cc2)nc(-c2ccc(OC)cc2)c1-c1ccccc1. The molecular weight excluding hydrogens is 384 g/mol. The molecule has 4 rings (SSSR count). The fourth-order valence-corrected chi connectivity index (χ4v) is 3.66. The average Bonchev–Trinajstić information content (AvgIpc) is 2.84. The quantitative estimate of drug-likeness (QED) is 0.351. The number of ether oxygens (including phenoxy) is 2. The number of hydrogen-bond acceptors (Lipinski definition) is 4. The monoisotopic (exact) mass is 410 g/mol. The predicted octanol–water partition coefficient (Wildman–Crippen LogP) is 6.45. The minimum absolute atomic E-state index is 0.719. The van der Waals surface area contributed by atoms with Gasteiger partial charge in [0.25, 0.3) is 0 Å². The number of nitrogens with zero attached hydrogens (tertiary/aromatic N) is 2. The summed E-state index contributed by atoms with van der Waals surface area (Å²) in [5.41, 5.74) is 6.20. The van der Waals surface area contributed by atoms with E-state index in [0.29, 0.717) is 0 Å². The highest BCUT2D eigenvalue weighted by atomic mass is 16.5. The van der Waals surface area contributed by atoms with Crippen molar-refractivity contribution >= 4 is 0 Å². The van der Waals surface area contributed by atoms with Gasteiger partial charge in [-0.1, -0.05) is 43.7 Å². The Morgan fingerprint density at radius 2 is 1.23 bits per heavy atom. The van der Waals surface area contributed by atoms with Crippen LogP contribution in [0.4, 0.5) is 0 Å². The normalized spacial score (nSPS) is 10.7. The largest absolute Gasteiger partial charge is 0.497 e. The third kappa shape index (κ3) is 4.43. The second kappa shape index (κ2) is 9.43. The Bertz CT molecular complexity index is 1140. The van der Waals surface area contributed by atoms with E-state index in [4.69, 9.17) is 19.4 Å². The number of hydrogen-bond donors (Lipinski definition) is 0. The number of benzene rings is 3. The molecule has 4 nitrogen and oxygen atoms in total. The topological polar surface area (TPSA) is 44.2 Å². The van der Waals surface area contributed by atoms with Gasteiger partial charge in [-0.05, 0) is 60.5 Å². The van der Waals surface area contributed by atoms with Crippen LogP contribution in [0.25, 0.3) is 33.8 Å². The smallest absolute Gasteiger partial charge is 0.160 e. The van der Waals surface area contributed by atoms with Crippen LogP contribution in [0.1, 0.15) is 19.0 Å². The van der Waals surface area contributed by atoms with Crippen molar-refractivity contribution in [3.8, 4) is 45.3 Å².